The summed E-state index contributed by atoms with van der Waals surface area (Å²) in [5.74, 6) is 1.08. The first kappa shape index (κ1) is 24.0. The Kier molecular flexibility index (Phi) is 6.65. The third kappa shape index (κ3) is 4.68. The number of anilines is 1. The fraction of sp³-hybridized carbons (Fsp3) is 0.212. The van der Waals surface area contributed by atoms with Crippen molar-refractivity contribution < 1.29 is 4.79 Å². The van der Waals surface area contributed by atoms with Gasteiger partial charge in [-0.25, -0.2) is 4.98 Å². The molecule has 1 aliphatic heterocycles. The Bertz CT molecular complexity index is 1540. The number of hydrogen-bond donors (Lipinski definition) is 0. The molecule has 0 saturated carbocycles. The monoisotopic (exact) mass is 500 g/mol. The molecule has 0 N–H and O–H groups in total. The van der Waals surface area contributed by atoms with Crippen LogP contribution in [0.4, 0.5) is 5.82 Å². The van der Waals surface area contributed by atoms with Gasteiger partial charge in [0, 0.05) is 49.8 Å². The Morgan fingerprint density at radius 3 is 2.34 bits per heavy atom. The highest BCUT2D eigenvalue weighted by Gasteiger charge is 2.29. The minimum absolute atomic E-state index is 0.106. The lowest BCUT2D eigenvalue weighted by Crippen LogP contribution is -2.35. The van der Waals surface area contributed by atoms with E-state index in [0.29, 0.717) is 13.1 Å². The molecule has 1 amide bonds. The van der Waals surface area contributed by atoms with E-state index >= 15 is 0 Å². The quantitative estimate of drug-likeness (QED) is 0.280. The van der Waals surface area contributed by atoms with E-state index < -0.39 is 0 Å². The van der Waals surface area contributed by atoms with E-state index in [1.807, 2.05) is 41.4 Å². The van der Waals surface area contributed by atoms with Crippen LogP contribution >= 0.6 is 0 Å². The van der Waals surface area contributed by atoms with Crippen molar-refractivity contribution in [1.29, 1.82) is 0 Å². The minimum atomic E-state index is 0.106. The van der Waals surface area contributed by atoms with Gasteiger partial charge >= 0.3 is 0 Å². The van der Waals surface area contributed by atoms with Crippen LogP contribution in [0.2, 0.25) is 0 Å². The van der Waals surface area contributed by atoms with Crippen LogP contribution in [0, 0.1) is 6.92 Å². The second kappa shape index (κ2) is 10.5. The van der Waals surface area contributed by atoms with Crippen LogP contribution in [0.5, 0.6) is 0 Å². The van der Waals surface area contributed by atoms with Gasteiger partial charge in [0.2, 0.25) is 0 Å². The molecule has 1 fully saturated rings. The molecule has 1 saturated heterocycles. The van der Waals surface area contributed by atoms with E-state index in [-0.39, 0.29) is 5.91 Å². The van der Waals surface area contributed by atoms with Crippen molar-refractivity contribution in [2.24, 2.45) is 0 Å². The van der Waals surface area contributed by atoms with E-state index in [1.54, 1.807) is 0 Å². The summed E-state index contributed by atoms with van der Waals surface area (Å²) < 4.78 is 2.32. The predicted octanol–water partition coefficient (Wildman–Crippen LogP) is 6.41. The Hall–Kier alpha value is -4.38. The highest BCUT2D eigenvalue weighted by atomic mass is 16.2. The lowest BCUT2D eigenvalue weighted by atomic mass is 10.0. The standard InChI is InChI=1S/C33H32N4O/c1-25-16-17-29-28(23-25)31(33(38)36-20-10-19-35(21-22-36)30-15-8-9-18-34-30)32(27-13-6-3-7-14-27)37(29)24-26-11-4-2-5-12-26/h2-9,11-18,23H,10,19-22,24H2,1H3. The van der Waals surface area contributed by atoms with E-state index in [1.165, 1.54) is 5.56 Å². The molecule has 190 valence electrons. The molecular weight excluding hydrogens is 468 g/mol. The Labute approximate surface area is 224 Å². The van der Waals surface area contributed by atoms with Crippen molar-refractivity contribution >= 4 is 22.6 Å². The fourth-order valence-corrected chi connectivity index (χ4v) is 5.56. The lowest BCUT2D eigenvalue weighted by molar-refractivity contribution is 0.0769. The molecule has 0 bridgehead atoms. The first-order valence-corrected chi connectivity index (χ1v) is 13.4. The first-order chi connectivity index (χ1) is 18.7. The Balaban J connectivity index is 1.45. The minimum Gasteiger partial charge on any atom is -0.355 e. The molecule has 2 aromatic heterocycles. The van der Waals surface area contributed by atoms with Crippen molar-refractivity contribution in [2.75, 3.05) is 31.1 Å². The van der Waals surface area contributed by atoms with E-state index in [2.05, 4.69) is 88.1 Å². The average molecular weight is 501 g/mol. The number of hydrogen-bond acceptors (Lipinski definition) is 3. The summed E-state index contributed by atoms with van der Waals surface area (Å²) in [5, 5.41) is 1.02. The third-order valence-corrected chi connectivity index (χ3v) is 7.42. The zero-order valence-electron chi connectivity index (χ0n) is 21.8. The summed E-state index contributed by atoms with van der Waals surface area (Å²) in [6, 6.07) is 33.3. The number of carbonyl (C=O) groups excluding carboxylic acids is 1. The van der Waals surface area contributed by atoms with Crippen LogP contribution in [0.3, 0.4) is 0 Å². The molecule has 5 heteroatoms. The normalized spacial score (nSPS) is 14.0. The molecule has 5 aromatic rings. The summed E-state index contributed by atoms with van der Waals surface area (Å²) >= 11 is 0. The number of nitrogens with zero attached hydrogens (tertiary/aromatic N) is 4. The molecule has 6 rings (SSSR count). The van der Waals surface area contributed by atoms with Crippen LogP contribution in [0.25, 0.3) is 22.2 Å². The average Bonchev–Trinajstić information content (AvgIpc) is 3.10. The van der Waals surface area contributed by atoms with Gasteiger partial charge in [-0.3, -0.25) is 4.79 Å². The number of amides is 1. The van der Waals surface area contributed by atoms with E-state index in [0.717, 1.165) is 65.2 Å². The summed E-state index contributed by atoms with van der Waals surface area (Å²) in [6.45, 7) is 5.85. The van der Waals surface area contributed by atoms with Crippen molar-refractivity contribution in [3.63, 3.8) is 0 Å². The molecule has 5 nitrogen and oxygen atoms in total. The second-order valence-electron chi connectivity index (χ2n) is 10.0. The van der Waals surface area contributed by atoms with E-state index in [4.69, 9.17) is 0 Å². The van der Waals surface area contributed by atoms with Gasteiger partial charge in [-0.1, -0.05) is 78.4 Å². The van der Waals surface area contributed by atoms with Gasteiger partial charge in [0.1, 0.15) is 5.82 Å². The fourth-order valence-electron chi connectivity index (χ4n) is 5.56. The SMILES string of the molecule is Cc1ccc2c(c1)c(C(=O)N1CCCN(c3ccccn3)CC1)c(-c1ccccc1)n2Cc1ccccc1. The number of aryl methyl sites for hydroxylation is 1. The van der Waals surface area contributed by atoms with Gasteiger partial charge in [-0.15, -0.1) is 0 Å². The zero-order valence-corrected chi connectivity index (χ0v) is 21.8. The highest BCUT2D eigenvalue weighted by Crippen LogP contribution is 2.36. The maximum Gasteiger partial charge on any atom is 0.256 e. The largest absolute Gasteiger partial charge is 0.355 e. The molecule has 0 atom stereocenters. The van der Waals surface area contributed by atoms with Gasteiger partial charge in [-0.05, 0) is 48.7 Å². The number of rotatable bonds is 5. The van der Waals surface area contributed by atoms with Crippen LogP contribution < -0.4 is 4.90 Å². The van der Waals surface area contributed by atoms with Gasteiger partial charge in [0.05, 0.1) is 11.3 Å². The molecule has 0 radical (unpaired) electrons. The van der Waals surface area contributed by atoms with Crippen LogP contribution in [0.1, 0.15) is 27.9 Å². The Morgan fingerprint density at radius 1 is 0.816 bits per heavy atom. The molecule has 0 unspecified atom stereocenters. The number of aromatic nitrogens is 2. The maximum atomic E-state index is 14.5. The smallest absolute Gasteiger partial charge is 0.256 e. The third-order valence-electron chi connectivity index (χ3n) is 7.42. The van der Waals surface area contributed by atoms with Gasteiger partial charge in [-0.2, -0.15) is 0 Å². The van der Waals surface area contributed by atoms with Crippen molar-refractivity contribution in [2.45, 2.75) is 19.9 Å². The first-order valence-electron chi connectivity index (χ1n) is 13.4. The molecule has 3 heterocycles. The number of pyridine rings is 1. The second-order valence-corrected chi connectivity index (χ2v) is 10.0. The molecular formula is C33H32N4O. The van der Waals surface area contributed by atoms with Crippen molar-refractivity contribution in [3.8, 4) is 11.3 Å². The number of carbonyl (C=O) groups is 1. The van der Waals surface area contributed by atoms with Crippen LogP contribution in [-0.2, 0) is 6.54 Å². The summed E-state index contributed by atoms with van der Waals surface area (Å²) in [6.07, 6.45) is 2.74. The Morgan fingerprint density at radius 2 is 1.58 bits per heavy atom. The van der Waals surface area contributed by atoms with Gasteiger partial charge in [0.15, 0.2) is 0 Å². The van der Waals surface area contributed by atoms with E-state index in [9.17, 15) is 4.79 Å². The highest BCUT2D eigenvalue weighted by molar-refractivity contribution is 6.13. The van der Waals surface area contributed by atoms with Crippen LogP contribution in [0.15, 0.2) is 103 Å². The molecule has 38 heavy (non-hydrogen) atoms. The summed E-state index contributed by atoms with van der Waals surface area (Å²) in [4.78, 5) is 23.3. The molecule has 3 aromatic carbocycles. The zero-order chi connectivity index (χ0) is 25.9. The lowest BCUT2D eigenvalue weighted by Gasteiger charge is -2.23. The van der Waals surface area contributed by atoms with Crippen LogP contribution in [-0.4, -0.2) is 46.5 Å². The van der Waals surface area contributed by atoms with Crippen molar-refractivity contribution in [3.05, 3.63) is 120 Å². The van der Waals surface area contributed by atoms with Gasteiger partial charge in [0.25, 0.3) is 5.91 Å². The summed E-state index contributed by atoms with van der Waals surface area (Å²) in [7, 11) is 0. The molecule has 0 spiro atoms. The maximum absolute atomic E-state index is 14.5. The molecule has 1 aliphatic rings. The van der Waals surface area contributed by atoms with Gasteiger partial charge < -0.3 is 14.4 Å². The summed E-state index contributed by atoms with van der Waals surface area (Å²) in [5.41, 5.74) is 6.31. The van der Waals surface area contributed by atoms with Crippen molar-refractivity contribution in [1.82, 2.24) is 14.5 Å². The number of fused-ring (bicyclic) bond motifs is 1. The number of benzene rings is 3. The molecule has 0 aliphatic carbocycles. The topological polar surface area (TPSA) is 41.4 Å². The predicted molar refractivity (Wildman–Crippen MR) is 155 cm³/mol.